The lowest BCUT2D eigenvalue weighted by Crippen LogP contribution is -2.34. The lowest BCUT2D eigenvalue weighted by molar-refractivity contribution is 0.0927. The first kappa shape index (κ1) is 22.0. The van der Waals surface area contributed by atoms with Crippen LogP contribution in [0.25, 0.3) is 0 Å². The van der Waals surface area contributed by atoms with Crippen LogP contribution < -0.4 is 15.4 Å². The molecule has 0 saturated carbocycles. The fourth-order valence-electron chi connectivity index (χ4n) is 2.88. The van der Waals surface area contributed by atoms with Crippen molar-refractivity contribution in [2.24, 2.45) is 0 Å². The second kappa shape index (κ2) is 9.88. The summed E-state index contributed by atoms with van der Waals surface area (Å²) in [5.74, 6) is 0.114. The van der Waals surface area contributed by atoms with Gasteiger partial charge in [0.15, 0.2) is 0 Å². The first-order valence-corrected chi connectivity index (χ1v) is 9.82. The molecule has 3 rings (SSSR count). The third-order valence-electron chi connectivity index (χ3n) is 4.79. The molecule has 31 heavy (non-hydrogen) atoms. The van der Waals surface area contributed by atoms with Crippen molar-refractivity contribution in [1.29, 1.82) is 0 Å². The molecule has 0 unspecified atom stereocenters. The van der Waals surface area contributed by atoms with Crippen LogP contribution in [0.3, 0.4) is 0 Å². The lowest BCUT2D eigenvalue weighted by Gasteiger charge is -2.10. The van der Waals surface area contributed by atoms with Crippen molar-refractivity contribution in [1.82, 2.24) is 15.8 Å². The second-order valence-corrected chi connectivity index (χ2v) is 7.09. The summed E-state index contributed by atoms with van der Waals surface area (Å²) in [6.07, 6.45) is 0. The Morgan fingerprint density at radius 3 is 2.29 bits per heavy atom. The number of carbonyl (C=O) groups is 2. The van der Waals surface area contributed by atoms with E-state index in [1.54, 1.807) is 43.3 Å². The van der Waals surface area contributed by atoms with E-state index in [1.807, 2.05) is 13.8 Å². The summed E-state index contributed by atoms with van der Waals surface area (Å²) >= 11 is 0. The summed E-state index contributed by atoms with van der Waals surface area (Å²) in [4.78, 5) is 24.4. The van der Waals surface area contributed by atoms with Crippen molar-refractivity contribution in [2.75, 3.05) is 13.1 Å². The number of benzene rings is 2. The Labute approximate surface area is 179 Å². The van der Waals surface area contributed by atoms with Crippen molar-refractivity contribution < 1.29 is 23.2 Å². The Kier molecular flexibility index (Phi) is 7.02. The number of ether oxygens (including phenoxy) is 1. The summed E-state index contributed by atoms with van der Waals surface area (Å²) in [7, 11) is 0. The number of halogens is 1. The SMILES string of the molecule is Cc1ccc(C(=O)NCCNC(=O)c2cccc(OCc3c(C)noc3C)c2)cc1F. The van der Waals surface area contributed by atoms with Gasteiger partial charge in [0, 0.05) is 24.2 Å². The van der Waals surface area contributed by atoms with Crippen molar-refractivity contribution >= 4 is 11.8 Å². The minimum atomic E-state index is -0.433. The van der Waals surface area contributed by atoms with Crippen molar-refractivity contribution in [3.63, 3.8) is 0 Å². The van der Waals surface area contributed by atoms with E-state index >= 15 is 0 Å². The van der Waals surface area contributed by atoms with Crippen LogP contribution in [0.4, 0.5) is 4.39 Å². The van der Waals surface area contributed by atoms with Crippen LogP contribution in [-0.4, -0.2) is 30.1 Å². The molecule has 1 aromatic heterocycles. The molecule has 0 aliphatic heterocycles. The van der Waals surface area contributed by atoms with E-state index in [9.17, 15) is 14.0 Å². The highest BCUT2D eigenvalue weighted by molar-refractivity contribution is 5.95. The van der Waals surface area contributed by atoms with Gasteiger partial charge in [0.1, 0.15) is 23.9 Å². The molecule has 2 N–H and O–H groups in total. The molecule has 2 amide bonds. The topological polar surface area (TPSA) is 93.5 Å². The monoisotopic (exact) mass is 425 g/mol. The fraction of sp³-hybridized carbons (Fsp3) is 0.261. The molecule has 0 aliphatic carbocycles. The van der Waals surface area contributed by atoms with Gasteiger partial charge in [0.2, 0.25) is 0 Å². The van der Waals surface area contributed by atoms with Crippen LogP contribution in [0.5, 0.6) is 5.75 Å². The number of carbonyl (C=O) groups excluding carboxylic acids is 2. The van der Waals surface area contributed by atoms with Crippen molar-refractivity contribution in [3.8, 4) is 5.75 Å². The summed E-state index contributed by atoms with van der Waals surface area (Å²) in [6.45, 7) is 6.01. The molecule has 0 saturated heterocycles. The number of hydrogen-bond donors (Lipinski definition) is 2. The molecule has 0 aliphatic rings. The highest BCUT2D eigenvalue weighted by atomic mass is 19.1. The van der Waals surface area contributed by atoms with E-state index in [4.69, 9.17) is 9.26 Å². The molecule has 0 atom stereocenters. The second-order valence-electron chi connectivity index (χ2n) is 7.09. The number of aryl methyl sites for hydroxylation is 3. The van der Waals surface area contributed by atoms with E-state index < -0.39 is 11.7 Å². The Morgan fingerprint density at radius 1 is 1.00 bits per heavy atom. The van der Waals surface area contributed by atoms with E-state index in [1.165, 1.54) is 6.07 Å². The predicted octanol–water partition coefficient (Wildman–Crippen LogP) is 3.48. The van der Waals surface area contributed by atoms with Gasteiger partial charge in [-0.25, -0.2) is 4.39 Å². The third-order valence-corrected chi connectivity index (χ3v) is 4.79. The van der Waals surface area contributed by atoms with Crippen LogP contribution in [0.15, 0.2) is 47.0 Å². The van der Waals surface area contributed by atoms with Crippen LogP contribution in [0.1, 0.15) is 43.3 Å². The first-order valence-electron chi connectivity index (χ1n) is 9.82. The molecule has 0 fully saturated rings. The first-order chi connectivity index (χ1) is 14.8. The number of nitrogens with zero attached hydrogens (tertiary/aromatic N) is 1. The average Bonchev–Trinajstić information content (AvgIpc) is 3.08. The van der Waals surface area contributed by atoms with E-state index in [2.05, 4.69) is 15.8 Å². The standard InChI is InChI=1S/C23H24FN3O4/c1-14-7-8-18(12-21(14)24)23(29)26-10-9-25-22(28)17-5-4-6-19(11-17)30-13-20-15(2)27-31-16(20)3/h4-8,11-12H,9-10,13H2,1-3H3,(H,25,28)(H,26,29). The maximum Gasteiger partial charge on any atom is 0.251 e. The highest BCUT2D eigenvalue weighted by Crippen LogP contribution is 2.18. The maximum atomic E-state index is 13.6. The molecule has 7 nitrogen and oxygen atoms in total. The summed E-state index contributed by atoms with van der Waals surface area (Å²) < 4.78 is 24.4. The van der Waals surface area contributed by atoms with Gasteiger partial charge in [-0.1, -0.05) is 17.3 Å². The zero-order chi connectivity index (χ0) is 22.4. The Bertz CT molecular complexity index is 1070. The minimum Gasteiger partial charge on any atom is -0.489 e. The Hall–Kier alpha value is -3.68. The summed E-state index contributed by atoms with van der Waals surface area (Å²) in [6, 6.07) is 11.1. The molecule has 0 spiro atoms. The quantitative estimate of drug-likeness (QED) is 0.539. The number of hydrogen-bond acceptors (Lipinski definition) is 5. The average molecular weight is 425 g/mol. The van der Waals surface area contributed by atoms with Gasteiger partial charge in [0.05, 0.1) is 11.3 Å². The zero-order valence-corrected chi connectivity index (χ0v) is 17.6. The van der Waals surface area contributed by atoms with Gasteiger partial charge >= 0.3 is 0 Å². The van der Waals surface area contributed by atoms with Crippen LogP contribution in [0.2, 0.25) is 0 Å². The maximum absolute atomic E-state index is 13.6. The molecule has 0 bridgehead atoms. The molecular formula is C23H24FN3O4. The predicted molar refractivity (Wildman–Crippen MR) is 113 cm³/mol. The number of amides is 2. The van der Waals surface area contributed by atoms with Crippen molar-refractivity contribution in [2.45, 2.75) is 27.4 Å². The normalized spacial score (nSPS) is 10.6. The number of rotatable bonds is 8. The van der Waals surface area contributed by atoms with Crippen LogP contribution in [-0.2, 0) is 6.61 Å². The van der Waals surface area contributed by atoms with Gasteiger partial charge in [-0.3, -0.25) is 9.59 Å². The summed E-state index contributed by atoms with van der Waals surface area (Å²) in [5, 5.41) is 9.27. The van der Waals surface area contributed by atoms with Crippen LogP contribution in [0, 0.1) is 26.6 Å². The fourth-order valence-corrected chi connectivity index (χ4v) is 2.88. The molecule has 0 radical (unpaired) electrons. The third kappa shape index (κ3) is 5.69. The largest absolute Gasteiger partial charge is 0.489 e. The van der Waals surface area contributed by atoms with Gasteiger partial charge in [0.25, 0.3) is 11.8 Å². The van der Waals surface area contributed by atoms with Crippen molar-refractivity contribution in [3.05, 3.63) is 82.0 Å². The lowest BCUT2D eigenvalue weighted by atomic mass is 10.1. The van der Waals surface area contributed by atoms with Gasteiger partial charge in [-0.05, 0) is 56.7 Å². The summed E-state index contributed by atoms with van der Waals surface area (Å²) in [5.41, 5.74) is 2.78. The van der Waals surface area contributed by atoms with Gasteiger partial charge in [-0.2, -0.15) is 0 Å². The number of aromatic nitrogens is 1. The smallest absolute Gasteiger partial charge is 0.251 e. The Balaban J connectivity index is 1.47. The van der Waals surface area contributed by atoms with Gasteiger partial charge in [-0.15, -0.1) is 0 Å². The molecule has 8 heteroatoms. The van der Waals surface area contributed by atoms with E-state index in [0.29, 0.717) is 22.6 Å². The van der Waals surface area contributed by atoms with E-state index in [0.717, 1.165) is 11.3 Å². The molecule has 3 aromatic rings. The minimum absolute atomic E-state index is 0.211. The highest BCUT2D eigenvalue weighted by Gasteiger charge is 2.12. The number of nitrogens with one attached hydrogen (secondary N) is 2. The molecule has 162 valence electrons. The van der Waals surface area contributed by atoms with E-state index in [-0.39, 0.29) is 31.2 Å². The molecule has 1 heterocycles. The van der Waals surface area contributed by atoms with Gasteiger partial charge < -0.3 is 19.9 Å². The molecular weight excluding hydrogens is 401 g/mol. The Morgan fingerprint density at radius 2 is 1.68 bits per heavy atom. The van der Waals surface area contributed by atoms with Crippen LogP contribution >= 0.6 is 0 Å². The molecule has 2 aromatic carbocycles. The zero-order valence-electron chi connectivity index (χ0n) is 17.6.